The Bertz CT molecular complexity index is 532. The second-order valence-corrected chi connectivity index (χ2v) is 5.61. The van der Waals surface area contributed by atoms with Crippen LogP contribution in [0, 0.1) is 0 Å². The Kier molecular flexibility index (Phi) is 4.16. The number of benzene rings is 1. The maximum absolute atomic E-state index is 12.9. The third kappa shape index (κ3) is 2.99. The minimum absolute atomic E-state index is 0.00944. The number of hydrogen-bond donors (Lipinski definition) is 1. The number of alkyl halides is 3. The van der Waals surface area contributed by atoms with Crippen molar-refractivity contribution < 1.29 is 18.0 Å². The molecule has 2 N–H and O–H groups in total. The SMILES string of the molecule is C[C@@H]1CCC[C@H](C)N1C(=O)c1cccc(C(F)(F)F)c1N. The average molecular weight is 300 g/mol. The first kappa shape index (κ1) is 15.7. The smallest absolute Gasteiger partial charge is 0.398 e. The topological polar surface area (TPSA) is 46.3 Å². The van der Waals surface area contributed by atoms with Crippen molar-refractivity contribution in [2.45, 2.75) is 51.4 Å². The number of halogens is 3. The summed E-state index contributed by atoms with van der Waals surface area (Å²) in [5.74, 6) is -0.418. The van der Waals surface area contributed by atoms with Gasteiger partial charge in [0.15, 0.2) is 0 Å². The fourth-order valence-electron chi connectivity index (χ4n) is 2.96. The van der Waals surface area contributed by atoms with E-state index < -0.39 is 23.3 Å². The van der Waals surface area contributed by atoms with E-state index in [1.54, 1.807) is 4.90 Å². The van der Waals surface area contributed by atoms with Crippen LogP contribution >= 0.6 is 0 Å². The van der Waals surface area contributed by atoms with Crippen molar-refractivity contribution in [3.63, 3.8) is 0 Å². The number of likely N-dealkylation sites (tertiary alicyclic amines) is 1. The lowest BCUT2D eigenvalue weighted by atomic mass is 9.95. The Morgan fingerprint density at radius 1 is 1.24 bits per heavy atom. The largest absolute Gasteiger partial charge is 0.418 e. The molecule has 2 rings (SSSR count). The van der Waals surface area contributed by atoms with Crippen LogP contribution in [-0.2, 0) is 6.18 Å². The molecule has 21 heavy (non-hydrogen) atoms. The molecule has 3 nitrogen and oxygen atoms in total. The standard InChI is InChI=1S/C15H19F3N2O/c1-9-5-3-6-10(2)20(9)14(21)11-7-4-8-12(13(11)19)15(16,17)18/h4,7-10H,3,5-6,19H2,1-2H3/t9-,10+. The molecule has 0 bridgehead atoms. The molecule has 0 spiro atoms. The summed E-state index contributed by atoms with van der Waals surface area (Å²) in [6.07, 6.45) is -1.83. The van der Waals surface area contributed by atoms with Crippen LogP contribution in [0.4, 0.5) is 18.9 Å². The van der Waals surface area contributed by atoms with Crippen molar-refractivity contribution >= 4 is 11.6 Å². The molecule has 2 atom stereocenters. The summed E-state index contributed by atoms with van der Waals surface area (Å²) in [5, 5.41) is 0. The van der Waals surface area contributed by atoms with Crippen LogP contribution in [-0.4, -0.2) is 22.9 Å². The van der Waals surface area contributed by atoms with E-state index in [4.69, 9.17) is 5.73 Å². The van der Waals surface area contributed by atoms with Gasteiger partial charge >= 0.3 is 6.18 Å². The van der Waals surface area contributed by atoms with Crippen LogP contribution in [0.3, 0.4) is 0 Å². The Balaban J connectivity index is 2.40. The summed E-state index contributed by atoms with van der Waals surface area (Å²) in [5.41, 5.74) is 4.10. The first-order chi connectivity index (χ1) is 9.73. The van der Waals surface area contributed by atoms with Crippen molar-refractivity contribution in [3.8, 4) is 0 Å². The quantitative estimate of drug-likeness (QED) is 0.804. The van der Waals surface area contributed by atoms with Crippen LogP contribution in [0.5, 0.6) is 0 Å². The van der Waals surface area contributed by atoms with Gasteiger partial charge in [0.1, 0.15) is 0 Å². The highest BCUT2D eigenvalue weighted by molar-refractivity contribution is 6.00. The van der Waals surface area contributed by atoms with E-state index in [-0.39, 0.29) is 17.6 Å². The molecule has 1 aliphatic rings. The van der Waals surface area contributed by atoms with Crippen LogP contribution in [0.1, 0.15) is 49.0 Å². The molecule has 0 unspecified atom stereocenters. The van der Waals surface area contributed by atoms with Crippen LogP contribution in [0.25, 0.3) is 0 Å². The first-order valence-corrected chi connectivity index (χ1v) is 7.01. The van der Waals surface area contributed by atoms with E-state index in [1.807, 2.05) is 13.8 Å². The summed E-state index contributed by atoms with van der Waals surface area (Å²) >= 11 is 0. The molecular formula is C15H19F3N2O. The van der Waals surface area contributed by atoms with E-state index >= 15 is 0 Å². The number of para-hydroxylation sites is 1. The van der Waals surface area contributed by atoms with Crippen LogP contribution < -0.4 is 5.73 Å². The van der Waals surface area contributed by atoms with Gasteiger partial charge in [-0.15, -0.1) is 0 Å². The van der Waals surface area contributed by atoms with Gasteiger partial charge in [0.2, 0.25) is 0 Å². The highest BCUT2D eigenvalue weighted by Crippen LogP contribution is 2.36. The Morgan fingerprint density at radius 3 is 2.33 bits per heavy atom. The summed E-state index contributed by atoms with van der Waals surface area (Å²) in [7, 11) is 0. The first-order valence-electron chi connectivity index (χ1n) is 7.01. The Hall–Kier alpha value is -1.72. The number of carbonyl (C=O) groups excluding carboxylic acids is 1. The Morgan fingerprint density at radius 2 is 1.81 bits per heavy atom. The molecule has 0 saturated carbocycles. The monoisotopic (exact) mass is 300 g/mol. The second-order valence-electron chi connectivity index (χ2n) is 5.61. The summed E-state index contributed by atoms with van der Waals surface area (Å²) < 4.78 is 38.6. The van der Waals surface area contributed by atoms with Gasteiger partial charge in [0.25, 0.3) is 5.91 Å². The summed E-state index contributed by atoms with van der Waals surface area (Å²) in [6.45, 7) is 3.83. The number of nitrogens with zero attached hydrogens (tertiary/aromatic N) is 1. The molecule has 0 aliphatic carbocycles. The van der Waals surface area contributed by atoms with Gasteiger partial charge in [0.05, 0.1) is 16.8 Å². The molecule has 1 aromatic carbocycles. The van der Waals surface area contributed by atoms with E-state index in [0.29, 0.717) is 0 Å². The lowest BCUT2D eigenvalue weighted by molar-refractivity contribution is -0.136. The molecule has 1 saturated heterocycles. The molecule has 1 fully saturated rings. The number of carbonyl (C=O) groups is 1. The lowest BCUT2D eigenvalue weighted by Crippen LogP contribution is -2.47. The van der Waals surface area contributed by atoms with Crippen LogP contribution in [0.15, 0.2) is 18.2 Å². The van der Waals surface area contributed by atoms with Crippen molar-refractivity contribution in [2.24, 2.45) is 0 Å². The van der Waals surface area contributed by atoms with Crippen molar-refractivity contribution in [1.82, 2.24) is 4.90 Å². The van der Waals surface area contributed by atoms with Gasteiger partial charge < -0.3 is 10.6 Å². The number of anilines is 1. The molecule has 1 heterocycles. The third-order valence-corrected chi connectivity index (χ3v) is 4.07. The number of nitrogens with two attached hydrogens (primary N) is 1. The minimum Gasteiger partial charge on any atom is -0.398 e. The van der Waals surface area contributed by atoms with Gasteiger partial charge in [-0.2, -0.15) is 13.2 Å². The predicted molar refractivity (Wildman–Crippen MR) is 74.8 cm³/mol. The zero-order chi connectivity index (χ0) is 15.8. The highest BCUT2D eigenvalue weighted by Gasteiger charge is 2.36. The van der Waals surface area contributed by atoms with Gasteiger partial charge in [-0.25, -0.2) is 0 Å². The fraction of sp³-hybridized carbons (Fsp3) is 0.533. The van der Waals surface area contributed by atoms with Crippen molar-refractivity contribution in [1.29, 1.82) is 0 Å². The Labute approximate surface area is 121 Å². The third-order valence-electron chi connectivity index (χ3n) is 4.07. The molecular weight excluding hydrogens is 281 g/mol. The van der Waals surface area contributed by atoms with Gasteiger partial charge in [-0.3, -0.25) is 4.79 Å². The number of piperidine rings is 1. The molecule has 0 aromatic heterocycles. The maximum Gasteiger partial charge on any atom is 0.418 e. The number of amides is 1. The zero-order valence-electron chi connectivity index (χ0n) is 12.1. The van der Waals surface area contributed by atoms with Gasteiger partial charge in [-0.05, 0) is 45.2 Å². The highest BCUT2D eigenvalue weighted by atomic mass is 19.4. The molecule has 0 radical (unpaired) electrons. The van der Waals surface area contributed by atoms with E-state index in [1.165, 1.54) is 12.1 Å². The zero-order valence-corrected chi connectivity index (χ0v) is 12.1. The van der Waals surface area contributed by atoms with Crippen LogP contribution in [0.2, 0.25) is 0 Å². The predicted octanol–water partition coefficient (Wildman–Crippen LogP) is 3.69. The van der Waals surface area contributed by atoms with E-state index in [2.05, 4.69) is 0 Å². The minimum atomic E-state index is -4.56. The second kappa shape index (κ2) is 5.58. The number of nitrogen functional groups attached to an aromatic ring is 1. The van der Waals surface area contributed by atoms with Crippen molar-refractivity contribution in [2.75, 3.05) is 5.73 Å². The molecule has 1 aromatic rings. The normalized spacial score (nSPS) is 23.2. The molecule has 116 valence electrons. The molecule has 1 amide bonds. The summed E-state index contributed by atoms with van der Waals surface area (Å²) in [6, 6.07) is 3.51. The van der Waals surface area contributed by atoms with E-state index in [9.17, 15) is 18.0 Å². The van der Waals surface area contributed by atoms with E-state index in [0.717, 1.165) is 25.3 Å². The van der Waals surface area contributed by atoms with Gasteiger partial charge in [-0.1, -0.05) is 6.07 Å². The molecule has 6 heteroatoms. The maximum atomic E-state index is 12.9. The number of rotatable bonds is 1. The van der Waals surface area contributed by atoms with Gasteiger partial charge in [0, 0.05) is 12.1 Å². The summed E-state index contributed by atoms with van der Waals surface area (Å²) in [4.78, 5) is 14.2. The number of hydrogen-bond acceptors (Lipinski definition) is 2. The average Bonchev–Trinajstić information content (AvgIpc) is 2.37. The fourth-order valence-corrected chi connectivity index (χ4v) is 2.96. The van der Waals surface area contributed by atoms with Crippen molar-refractivity contribution in [3.05, 3.63) is 29.3 Å². The lowest BCUT2D eigenvalue weighted by Gasteiger charge is -2.39. The molecule has 1 aliphatic heterocycles.